The molecule has 140 valence electrons. The van der Waals surface area contributed by atoms with Crippen LogP contribution in [0.25, 0.3) is 0 Å². The minimum absolute atomic E-state index is 0.128. The van der Waals surface area contributed by atoms with Crippen LogP contribution in [0.3, 0.4) is 0 Å². The predicted octanol–water partition coefficient (Wildman–Crippen LogP) is 4.20. The van der Waals surface area contributed by atoms with E-state index in [4.69, 9.17) is 28.0 Å². The number of amides is 2. The van der Waals surface area contributed by atoms with Crippen LogP contribution in [0.4, 0.5) is 0 Å². The third kappa shape index (κ3) is 4.12. The topological polar surface area (TPSA) is 71.9 Å². The summed E-state index contributed by atoms with van der Waals surface area (Å²) < 4.78 is 0. The highest BCUT2D eigenvalue weighted by Crippen LogP contribution is 2.25. The van der Waals surface area contributed by atoms with Crippen LogP contribution in [-0.4, -0.2) is 39.6 Å². The highest BCUT2D eigenvalue weighted by molar-refractivity contribution is 6.36. The molecule has 1 aliphatic heterocycles. The van der Waals surface area contributed by atoms with E-state index < -0.39 is 17.4 Å². The van der Waals surface area contributed by atoms with Gasteiger partial charge in [-0.25, -0.2) is 0 Å². The molecule has 0 N–H and O–H groups in total. The molecule has 1 aromatic heterocycles. The summed E-state index contributed by atoms with van der Waals surface area (Å²) in [5.41, 5.74) is 0.678. The molecule has 0 aliphatic carbocycles. The van der Waals surface area contributed by atoms with Crippen LogP contribution in [0.15, 0.2) is 41.7 Å². The lowest BCUT2D eigenvalue weighted by Crippen LogP contribution is -2.36. The number of rotatable bonds is 4. The molecule has 0 saturated heterocycles. The van der Waals surface area contributed by atoms with E-state index in [1.165, 1.54) is 12.3 Å². The predicted molar refractivity (Wildman–Crippen MR) is 103 cm³/mol. The van der Waals surface area contributed by atoms with Gasteiger partial charge >= 0.3 is 0 Å². The number of hydrogen-bond donors (Lipinski definition) is 0. The molecule has 2 amide bonds. The van der Waals surface area contributed by atoms with E-state index >= 15 is 0 Å². The van der Waals surface area contributed by atoms with Gasteiger partial charge in [-0.05, 0) is 39.0 Å². The fourth-order valence-corrected chi connectivity index (χ4v) is 2.99. The quantitative estimate of drug-likeness (QED) is 0.433. The smallest absolute Gasteiger partial charge is 0.261 e. The molecule has 2 aromatic rings. The highest BCUT2D eigenvalue weighted by atomic mass is 35.5. The molecule has 27 heavy (non-hydrogen) atoms. The van der Waals surface area contributed by atoms with Gasteiger partial charge in [0, 0.05) is 6.20 Å². The Hall–Kier alpha value is -2.44. The first-order chi connectivity index (χ1) is 12.7. The van der Waals surface area contributed by atoms with Crippen molar-refractivity contribution in [2.75, 3.05) is 6.54 Å². The van der Waals surface area contributed by atoms with Crippen molar-refractivity contribution in [2.45, 2.75) is 26.4 Å². The summed E-state index contributed by atoms with van der Waals surface area (Å²) >= 11 is 12.2. The molecule has 3 rings (SSSR count). The third-order valence-electron chi connectivity index (χ3n) is 3.70. The molecule has 1 aliphatic rings. The van der Waals surface area contributed by atoms with Crippen LogP contribution in [0.1, 0.15) is 47.2 Å². The number of carbonyl (C=O) groups is 2. The van der Waals surface area contributed by atoms with Crippen LogP contribution in [-0.2, 0) is 4.84 Å². The summed E-state index contributed by atoms with van der Waals surface area (Å²) in [5.74, 6) is -0.798. The Labute approximate surface area is 166 Å². The molecular formula is C19H17Cl2N3O3. The molecule has 0 atom stereocenters. The number of oxime groups is 1. The van der Waals surface area contributed by atoms with Crippen molar-refractivity contribution in [3.8, 4) is 0 Å². The van der Waals surface area contributed by atoms with E-state index in [2.05, 4.69) is 10.1 Å². The lowest BCUT2D eigenvalue weighted by Gasteiger charge is -2.19. The summed E-state index contributed by atoms with van der Waals surface area (Å²) in [5, 5.41) is 4.74. The van der Waals surface area contributed by atoms with E-state index in [0.717, 1.165) is 4.90 Å². The number of carbonyl (C=O) groups excluding carboxylic acids is 2. The average molecular weight is 406 g/mol. The van der Waals surface area contributed by atoms with Crippen molar-refractivity contribution < 1.29 is 14.4 Å². The number of halogens is 2. The Morgan fingerprint density at radius 3 is 2.26 bits per heavy atom. The van der Waals surface area contributed by atoms with Crippen LogP contribution < -0.4 is 0 Å². The SMILES string of the molecule is CC(C)(C)ON=C(CN1C(=O)c2ccccc2C1=O)c1ncc(Cl)cc1Cl. The normalized spacial score (nSPS) is 14.6. The number of nitrogens with zero attached hydrogens (tertiary/aromatic N) is 3. The van der Waals surface area contributed by atoms with E-state index in [1.54, 1.807) is 24.3 Å². The molecule has 1 aromatic carbocycles. The van der Waals surface area contributed by atoms with E-state index in [9.17, 15) is 9.59 Å². The second kappa shape index (κ2) is 7.29. The number of hydrogen-bond acceptors (Lipinski definition) is 5. The monoisotopic (exact) mass is 405 g/mol. The van der Waals surface area contributed by atoms with Gasteiger partial charge in [0.25, 0.3) is 11.8 Å². The summed E-state index contributed by atoms with van der Waals surface area (Å²) in [6.07, 6.45) is 1.41. The summed E-state index contributed by atoms with van der Waals surface area (Å²) in [7, 11) is 0. The Morgan fingerprint density at radius 2 is 1.74 bits per heavy atom. The first-order valence-electron chi connectivity index (χ1n) is 8.19. The second-order valence-electron chi connectivity index (χ2n) is 6.97. The molecular weight excluding hydrogens is 389 g/mol. The first-order valence-corrected chi connectivity index (χ1v) is 8.94. The molecule has 0 unspecified atom stereocenters. The lowest BCUT2D eigenvalue weighted by atomic mass is 10.1. The van der Waals surface area contributed by atoms with Gasteiger partial charge in [0.1, 0.15) is 17.0 Å². The molecule has 2 heterocycles. The van der Waals surface area contributed by atoms with Gasteiger partial charge in [-0.2, -0.15) is 0 Å². The minimum Gasteiger partial charge on any atom is -0.390 e. The number of benzene rings is 1. The van der Waals surface area contributed by atoms with E-state index in [0.29, 0.717) is 21.8 Å². The number of aromatic nitrogens is 1. The zero-order valence-corrected chi connectivity index (χ0v) is 16.5. The maximum atomic E-state index is 12.6. The third-order valence-corrected chi connectivity index (χ3v) is 4.19. The maximum absolute atomic E-state index is 12.6. The molecule has 0 saturated carbocycles. The van der Waals surface area contributed by atoms with Crippen molar-refractivity contribution in [1.82, 2.24) is 9.88 Å². The van der Waals surface area contributed by atoms with Crippen molar-refractivity contribution >= 4 is 40.7 Å². The van der Waals surface area contributed by atoms with Gasteiger partial charge in [-0.3, -0.25) is 19.5 Å². The Kier molecular flexibility index (Phi) is 5.22. The minimum atomic E-state index is -0.577. The zero-order chi connectivity index (χ0) is 19.8. The van der Waals surface area contributed by atoms with Crippen molar-refractivity contribution in [1.29, 1.82) is 0 Å². The fraction of sp³-hybridized carbons (Fsp3) is 0.263. The zero-order valence-electron chi connectivity index (χ0n) is 15.0. The van der Waals surface area contributed by atoms with Crippen molar-refractivity contribution in [2.24, 2.45) is 5.16 Å². The number of imide groups is 1. The first kappa shape index (κ1) is 19.3. The summed E-state index contributed by atoms with van der Waals surface area (Å²) in [4.78, 5) is 36.1. The van der Waals surface area contributed by atoms with Crippen LogP contribution >= 0.6 is 23.2 Å². The van der Waals surface area contributed by atoms with Crippen LogP contribution in [0.5, 0.6) is 0 Å². The lowest BCUT2D eigenvalue weighted by molar-refractivity contribution is 0.000537. The van der Waals surface area contributed by atoms with Crippen molar-refractivity contribution in [3.63, 3.8) is 0 Å². The van der Waals surface area contributed by atoms with E-state index in [1.807, 2.05) is 20.8 Å². The maximum Gasteiger partial charge on any atom is 0.261 e. The standard InChI is InChI=1S/C19H17Cl2N3O3/c1-19(2,3)27-23-15(16-14(21)8-11(20)9-22-16)10-24-17(25)12-6-4-5-7-13(12)18(24)26/h4-9H,10H2,1-3H3. The van der Waals surface area contributed by atoms with Gasteiger partial charge in [-0.15, -0.1) is 0 Å². The molecule has 6 nitrogen and oxygen atoms in total. The molecule has 0 bridgehead atoms. The number of fused-ring (bicyclic) bond motifs is 1. The Morgan fingerprint density at radius 1 is 1.15 bits per heavy atom. The summed E-state index contributed by atoms with van der Waals surface area (Å²) in [6.45, 7) is 5.35. The van der Waals surface area contributed by atoms with E-state index in [-0.39, 0.29) is 17.3 Å². The molecule has 8 heteroatoms. The molecule has 0 fully saturated rings. The molecule has 0 radical (unpaired) electrons. The Balaban J connectivity index is 1.98. The average Bonchev–Trinajstić information content (AvgIpc) is 2.83. The highest BCUT2D eigenvalue weighted by Gasteiger charge is 2.36. The van der Waals surface area contributed by atoms with Gasteiger partial charge < -0.3 is 4.84 Å². The fourth-order valence-electron chi connectivity index (χ4n) is 2.50. The van der Waals surface area contributed by atoms with Gasteiger partial charge in [-0.1, -0.05) is 40.5 Å². The summed E-state index contributed by atoms with van der Waals surface area (Å²) in [6, 6.07) is 8.17. The largest absolute Gasteiger partial charge is 0.390 e. The van der Waals surface area contributed by atoms with Crippen LogP contribution in [0, 0.1) is 0 Å². The van der Waals surface area contributed by atoms with Gasteiger partial charge in [0.15, 0.2) is 0 Å². The molecule has 0 spiro atoms. The van der Waals surface area contributed by atoms with Gasteiger partial charge in [0.05, 0.1) is 27.7 Å². The number of pyridine rings is 1. The Bertz CT molecular complexity index is 916. The van der Waals surface area contributed by atoms with Crippen LogP contribution in [0.2, 0.25) is 10.0 Å². The second-order valence-corrected chi connectivity index (χ2v) is 7.81. The van der Waals surface area contributed by atoms with Crippen molar-refractivity contribution in [3.05, 3.63) is 63.4 Å². The van der Waals surface area contributed by atoms with Gasteiger partial charge in [0.2, 0.25) is 0 Å².